The van der Waals surface area contributed by atoms with E-state index in [-0.39, 0.29) is 5.82 Å². The summed E-state index contributed by atoms with van der Waals surface area (Å²) in [6.07, 6.45) is 2.32. The summed E-state index contributed by atoms with van der Waals surface area (Å²) >= 11 is 0. The molecular formula is C12H12FN3. The number of nitrogens with zero attached hydrogens (tertiary/aromatic N) is 1. The van der Waals surface area contributed by atoms with Crippen molar-refractivity contribution in [3.63, 3.8) is 0 Å². The molecule has 0 spiro atoms. The third kappa shape index (κ3) is 1.51. The minimum absolute atomic E-state index is 0.253. The second kappa shape index (κ2) is 3.42. The topological polar surface area (TPSA) is 50.9 Å². The Morgan fingerprint density at radius 1 is 1.31 bits per heavy atom. The van der Waals surface area contributed by atoms with Gasteiger partial charge in [0.25, 0.3) is 0 Å². The van der Waals surface area contributed by atoms with Crippen LogP contribution in [0.15, 0.2) is 24.3 Å². The van der Waals surface area contributed by atoms with Crippen LogP contribution in [0.3, 0.4) is 0 Å². The molecule has 1 heterocycles. The van der Waals surface area contributed by atoms with E-state index in [0.717, 1.165) is 35.1 Å². The normalized spacial score (nSPS) is 15.4. The van der Waals surface area contributed by atoms with Crippen LogP contribution in [0.1, 0.15) is 24.5 Å². The van der Waals surface area contributed by atoms with Gasteiger partial charge in [-0.05, 0) is 37.1 Å². The van der Waals surface area contributed by atoms with Crippen LogP contribution in [0, 0.1) is 5.82 Å². The third-order valence-electron chi connectivity index (χ3n) is 2.93. The molecule has 0 unspecified atom stereocenters. The molecule has 1 aromatic carbocycles. The summed E-state index contributed by atoms with van der Waals surface area (Å²) in [6, 6.07) is 6.47. The van der Waals surface area contributed by atoms with E-state index in [1.165, 1.54) is 12.1 Å². The molecule has 4 heteroatoms. The van der Waals surface area contributed by atoms with Gasteiger partial charge in [0.05, 0.1) is 16.9 Å². The largest absolute Gasteiger partial charge is 0.322 e. The lowest BCUT2D eigenvalue weighted by molar-refractivity contribution is 0.629. The number of nitrogens with two attached hydrogens (primary N) is 1. The minimum Gasteiger partial charge on any atom is -0.322 e. The first-order valence-electron chi connectivity index (χ1n) is 5.35. The zero-order valence-electron chi connectivity index (χ0n) is 8.70. The highest BCUT2D eigenvalue weighted by Gasteiger charge is 2.27. The van der Waals surface area contributed by atoms with Gasteiger partial charge in [-0.1, -0.05) is 0 Å². The number of rotatable bonds is 2. The van der Waals surface area contributed by atoms with Crippen molar-refractivity contribution in [2.24, 2.45) is 5.84 Å². The van der Waals surface area contributed by atoms with Crippen LogP contribution in [0.4, 0.5) is 10.1 Å². The molecule has 1 saturated carbocycles. The van der Waals surface area contributed by atoms with E-state index in [2.05, 4.69) is 10.4 Å². The van der Waals surface area contributed by atoms with Crippen LogP contribution in [-0.2, 0) is 0 Å². The Kier molecular flexibility index (Phi) is 2.04. The number of nitrogens with one attached hydrogen (secondary N) is 1. The quantitative estimate of drug-likeness (QED) is 0.600. The summed E-state index contributed by atoms with van der Waals surface area (Å²) in [5.41, 5.74) is 5.27. The average Bonchev–Trinajstić information content (AvgIpc) is 3.11. The van der Waals surface area contributed by atoms with Gasteiger partial charge in [-0.3, -0.25) is 10.8 Å². The van der Waals surface area contributed by atoms with Gasteiger partial charge in [0, 0.05) is 11.3 Å². The predicted molar refractivity (Wildman–Crippen MR) is 61.5 cm³/mol. The van der Waals surface area contributed by atoms with Gasteiger partial charge in [-0.15, -0.1) is 0 Å². The first-order valence-corrected chi connectivity index (χ1v) is 5.35. The van der Waals surface area contributed by atoms with E-state index in [1.54, 1.807) is 6.07 Å². The fraction of sp³-hybridized carbons (Fsp3) is 0.250. The second-order valence-electron chi connectivity index (χ2n) is 4.18. The zero-order chi connectivity index (χ0) is 11.1. The minimum atomic E-state index is -0.253. The highest BCUT2D eigenvalue weighted by molar-refractivity contribution is 5.83. The maximum absolute atomic E-state index is 13.1. The van der Waals surface area contributed by atoms with Crippen molar-refractivity contribution in [1.29, 1.82) is 0 Å². The lowest BCUT2D eigenvalue weighted by atomic mass is 10.1. The summed E-state index contributed by atoms with van der Waals surface area (Å²) < 4.78 is 13.1. The molecule has 2 aromatic rings. The molecule has 16 heavy (non-hydrogen) atoms. The average molecular weight is 217 g/mol. The predicted octanol–water partition coefficient (Wildman–Crippen LogP) is 2.54. The molecule has 0 radical (unpaired) electrons. The molecule has 3 rings (SSSR count). The highest BCUT2D eigenvalue weighted by atomic mass is 19.1. The lowest BCUT2D eigenvalue weighted by Gasteiger charge is -2.09. The van der Waals surface area contributed by atoms with Gasteiger partial charge in [-0.25, -0.2) is 4.39 Å². The van der Waals surface area contributed by atoms with Crippen molar-refractivity contribution in [3.8, 4) is 0 Å². The standard InChI is InChI=1S/C12H12FN3/c13-9-3-4-10-8(5-9)6-11(16-14)12(15-10)7-1-2-7/h3-7,16H,1-2,14H2. The van der Waals surface area contributed by atoms with E-state index < -0.39 is 0 Å². The summed E-state index contributed by atoms with van der Waals surface area (Å²) in [5, 5.41) is 0.775. The van der Waals surface area contributed by atoms with E-state index in [1.807, 2.05) is 6.07 Å². The number of fused-ring (bicyclic) bond motifs is 1. The molecule has 1 fully saturated rings. The van der Waals surface area contributed by atoms with E-state index in [9.17, 15) is 4.39 Å². The van der Waals surface area contributed by atoms with Crippen molar-refractivity contribution in [2.75, 3.05) is 5.43 Å². The first kappa shape index (κ1) is 9.54. The maximum Gasteiger partial charge on any atom is 0.123 e. The van der Waals surface area contributed by atoms with Crippen molar-refractivity contribution < 1.29 is 4.39 Å². The van der Waals surface area contributed by atoms with Crippen LogP contribution in [-0.4, -0.2) is 4.98 Å². The zero-order valence-corrected chi connectivity index (χ0v) is 8.70. The summed E-state index contributed by atoms with van der Waals surface area (Å²) in [5.74, 6) is 5.72. The molecule has 1 aliphatic rings. The molecule has 0 amide bonds. The van der Waals surface area contributed by atoms with E-state index >= 15 is 0 Å². The molecule has 3 nitrogen and oxygen atoms in total. The maximum atomic E-state index is 13.1. The number of hydrogen-bond donors (Lipinski definition) is 2. The number of pyridine rings is 1. The van der Waals surface area contributed by atoms with E-state index in [4.69, 9.17) is 5.84 Å². The number of anilines is 1. The second-order valence-corrected chi connectivity index (χ2v) is 4.18. The van der Waals surface area contributed by atoms with Crippen LogP contribution in [0.5, 0.6) is 0 Å². The van der Waals surface area contributed by atoms with Gasteiger partial charge in [0.1, 0.15) is 5.82 Å². The van der Waals surface area contributed by atoms with Crippen LogP contribution >= 0.6 is 0 Å². The lowest BCUT2D eigenvalue weighted by Crippen LogP contribution is -2.10. The summed E-state index contributed by atoms with van der Waals surface area (Å²) in [7, 11) is 0. The van der Waals surface area contributed by atoms with Crippen molar-refractivity contribution >= 4 is 16.6 Å². The number of hydrogen-bond acceptors (Lipinski definition) is 3. The van der Waals surface area contributed by atoms with Crippen molar-refractivity contribution in [3.05, 3.63) is 35.8 Å². The van der Waals surface area contributed by atoms with Gasteiger partial charge in [0.15, 0.2) is 0 Å². The SMILES string of the molecule is NNc1cc2cc(F)ccc2nc1C1CC1. The first-order chi connectivity index (χ1) is 7.78. The monoisotopic (exact) mass is 217 g/mol. The van der Waals surface area contributed by atoms with Crippen molar-refractivity contribution in [1.82, 2.24) is 4.98 Å². The Bertz CT molecular complexity index is 549. The van der Waals surface area contributed by atoms with Gasteiger partial charge in [-0.2, -0.15) is 0 Å². The number of hydrazine groups is 1. The molecule has 0 aliphatic heterocycles. The molecular weight excluding hydrogens is 205 g/mol. The Balaban J connectivity index is 2.23. The third-order valence-corrected chi connectivity index (χ3v) is 2.93. The van der Waals surface area contributed by atoms with Crippen LogP contribution in [0.25, 0.3) is 10.9 Å². The number of benzene rings is 1. The Morgan fingerprint density at radius 3 is 2.81 bits per heavy atom. The van der Waals surface area contributed by atoms with Gasteiger partial charge >= 0.3 is 0 Å². The molecule has 0 atom stereocenters. The summed E-state index contributed by atoms with van der Waals surface area (Å²) in [6.45, 7) is 0. The summed E-state index contributed by atoms with van der Waals surface area (Å²) in [4.78, 5) is 4.54. The fourth-order valence-corrected chi connectivity index (χ4v) is 1.95. The van der Waals surface area contributed by atoms with Gasteiger partial charge < -0.3 is 5.43 Å². The van der Waals surface area contributed by atoms with Gasteiger partial charge in [0.2, 0.25) is 0 Å². The molecule has 1 aromatic heterocycles. The molecule has 0 saturated heterocycles. The Hall–Kier alpha value is -1.68. The van der Waals surface area contributed by atoms with Crippen molar-refractivity contribution in [2.45, 2.75) is 18.8 Å². The Labute approximate surface area is 92.4 Å². The van der Waals surface area contributed by atoms with Crippen LogP contribution in [0.2, 0.25) is 0 Å². The highest BCUT2D eigenvalue weighted by Crippen LogP contribution is 2.42. The fourth-order valence-electron chi connectivity index (χ4n) is 1.95. The number of nitrogen functional groups attached to an aromatic ring is 1. The molecule has 0 bridgehead atoms. The molecule has 1 aliphatic carbocycles. The number of aromatic nitrogens is 1. The molecule has 3 N–H and O–H groups in total. The number of halogens is 1. The Morgan fingerprint density at radius 2 is 2.12 bits per heavy atom. The molecule has 82 valence electrons. The van der Waals surface area contributed by atoms with E-state index in [0.29, 0.717) is 5.92 Å². The smallest absolute Gasteiger partial charge is 0.123 e. The van der Waals surface area contributed by atoms with Crippen LogP contribution < -0.4 is 11.3 Å².